The second kappa shape index (κ2) is 4.32. The molecule has 0 aromatic carbocycles. The van der Waals surface area contributed by atoms with Gasteiger partial charge in [-0.1, -0.05) is 19.0 Å². The standard InChI is InChI=1S/C11H13NO2.C2H6/c1-6-4-9-10(12-13)7-2-3-8(5-7)11(9)14-6;1-2/h4,7-8,13H,2-3,5H2,1H3;1-2H3/b12-10-;. The maximum absolute atomic E-state index is 9.01. The molecular formula is C13H19NO2. The molecule has 3 rings (SSSR count). The fourth-order valence-corrected chi connectivity index (χ4v) is 2.86. The lowest BCUT2D eigenvalue weighted by molar-refractivity contribution is 0.314. The van der Waals surface area contributed by atoms with Gasteiger partial charge in [-0.05, 0) is 32.3 Å². The Morgan fingerprint density at radius 3 is 2.69 bits per heavy atom. The summed E-state index contributed by atoms with van der Waals surface area (Å²) in [5.74, 6) is 2.98. The van der Waals surface area contributed by atoms with E-state index in [-0.39, 0.29) is 0 Å². The van der Waals surface area contributed by atoms with E-state index < -0.39 is 0 Å². The molecule has 88 valence electrons. The van der Waals surface area contributed by atoms with Gasteiger partial charge in [0.25, 0.3) is 0 Å². The van der Waals surface area contributed by atoms with Crippen LogP contribution in [0.15, 0.2) is 15.6 Å². The van der Waals surface area contributed by atoms with Crippen LogP contribution in [-0.2, 0) is 0 Å². The molecule has 0 spiro atoms. The Kier molecular flexibility index (Phi) is 3.03. The van der Waals surface area contributed by atoms with Crippen LogP contribution in [0.2, 0.25) is 0 Å². The minimum Gasteiger partial charge on any atom is -0.465 e. The van der Waals surface area contributed by atoms with Gasteiger partial charge in [0.2, 0.25) is 0 Å². The summed E-state index contributed by atoms with van der Waals surface area (Å²) in [7, 11) is 0. The Labute approximate surface area is 96.1 Å². The van der Waals surface area contributed by atoms with E-state index in [0.29, 0.717) is 11.8 Å². The summed E-state index contributed by atoms with van der Waals surface area (Å²) in [4.78, 5) is 0. The van der Waals surface area contributed by atoms with Gasteiger partial charge in [-0.3, -0.25) is 0 Å². The van der Waals surface area contributed by atoms with Gasteiger partial charge in [0.1, 0.15) is 11.5 Å². The van der Waals surface area contributed by atoms with Crippen LogP contribution in [-0.4, -0.2) is 10.9 Å². The first kappa shape index (κ1) is 11.2. The Balaban J connectivity index is 0.000000457. The number of nitrogens with zero attached hydrogens (tertiary/aromatic N) is 1. The van der Waals surface area contributed by atoms with E-state index in [1.807, 2.05) is 26.8 Å². The summed E-state index contributed by atoms with van der Waals surface area (Å²) in [6.45, 7) is 5.95. The van der Waals surface area contributed by atoms with E-state index in [4.69, 9.17) is 9.62 Å². The highest BCUT2D eigenvalue weighted by Crippen LogP contribution is 2.47. The fraction of sp³-hybridized carbons (Fsp3) is 0.615. The lowest BCUT2D eigenvalue weighted by atomic mass is 9.86. The molecule has 3 heteroatoms. The molecule has 0 aliphatic heterocycles. The minimum atomic E-state index is 0.453. The SMILES string of the molecule is CC.Cc1cc2c(o1)C1CCC(C1)/C2=N/O. The van der Waals surface area contributed by atoms with Gasteiger partial charge in [0.05, 0.1) is 5.71 Å². The Morgan fingerprint density at radius 2 is 2.00 bits per heavy atom. The molecule has 1 aromatic rings. The smallest absolute Gasteiger partial charge is 0.116 e. The van der Waals surface area contributed by atoms with Gasteiger partial charge in [-0.2, -0.15) is 0 Å². The predicted octanol–water partition coefficient (Wildman–Crippen LogP) is 3.69. The summed E-state index contributed by atoms with van der Waals surface area (Å²) in [6.07, 6.45) is 3.40. The number of fused-ring (bicyclic) bond motifs is 4. The van der Waals surface area contributed by atoms with E-state index in [1.54, 1.807) is 0 Å². The number of aryl methyl sites for hydroxylation is 1. The summed E-state index contributed by atoms with van der Waals surface area (Å²) in [5.41, 5.74) is 1.88. The topological polar surface area (TPSA) is 45.7 Å². The third-order valence-electron chi connectivity index (χ3n) is 3.46. The van der Waals surface area contributed by atoms with Gasteiger partial charge in [0, 0.05) is 17.4 Å². The third kappa shape index (κ3) is 1.55. The van der Waals surface area contributed by atoms with E-state index in [2.05, 4.69) is 5.16 Å². The van der Waals surface area contributed by atoms with Gasteiger partial charge < -0.3 is 9.62 Å². The average molecular weight is 221 g/mol. The number of furan rings is 1. The van der Waals surface area contributed by atoms with Crippen molar-refractivity contribution in [1.29, 1.82) is 0 Å². The molecule has 0 saturated heterocycles. The lowest BCUT2D eigenvalue weighted by Crippen LogP contribution is -2.18. The molecule has 1 N–H and O–H groups in total. The first-order chi connectivity index (χ1) is 7.79. The van der Waals surface area contributed by atoms with Crippen LogP contribution in [0.3, 0.4) is 0 Å². The number of hydrogen-bond acceptors (Lipinski definition) is 3. The van der Waals surface area contributed by atoms with Crippen molar-refractivity contribution in [3.05, 3.63) is 23.2 Å². The molecule has 1 aromatic heterocycles. The highest BCUT2D eigenvalue weighted by atomic mass is 16.4. The zero-order chi connectivity index (χ0) is 11.7. The summed E-state index contributed by atoms with van der Waals surface area (Å²) >= 11 is 0. The second-order valence-electron chi connectivity index (χ2n) is 4.33. The van der Waals surface area contributed by atoms with Crippen LogP contribution >= 0.6 is 0 Å². The van der Waals surface area contributed by atoms with E-state index in [0.717, 1.165) is 35.6 Å². The molecule has 2 unspecified atom stereocenters. The molecule has 1 saturated carbocycles. The highest BCUT2D eigenvalue weighted by Gasteiger charge is 2.40. The first-order valence-corrected chi connectivity index (χ1v) is 6.12. The molecule has 1 fully saturated rings. The van der Waals surface area contributed by atoms with Crippen molar-refractivity contribution in [2.75, 3.05) is 0 Å². The maximum Gasteiger partial charge on any atom is 0.116 e. The Bertz CT molecular complexity index is 406. The zero-order valence-electron chi connectivity index (χ0n) is 10.2. The average Bonchev–Trinajstić information content (AvgIpc) is 2.88. The molecule has 0 radical (unpaired) electrons. The quantitative estimate of drug-likeness (QED) is 0.536. The van der Waals surface area contributed by atoms with Crippen molar-refractivity contribution in [3.63, 3.8) is 0 Å². The van der Waals surface area contributed by atoms with Gasteiger partial charge >= 0.3 is 0 Å². The molecule has 2 aliphatic carbocycles. The van der Waals surface area contributed by atoms with E-state index in [1.165, 1.54) is 6.42 Å². The molecule has 0 amide bonds. The molecule has 2 atom stereocenters. The van der Waals surface area contributed by atoms with Crippen molar-refractivity contribution < 1.29 is 9.62 Å². The molecule has 2 aliphatic rings. The molecule has 16 heavy (non-hydrogen) atoms. The molecule has 1 heterocycles. The fourth-order valence-electron chi connectivity index (χ4n) is 2.86. The van der Waals surface area contributed by atoms with Crippen LogP contribution in [0.25, 0.3) is 0 Å². The maximum atomic E-state index is 9.01. The summed E-state index contributed by atoms with van der Waals surface area (Å²) in [5, 5.41) is 12.5. The monoisotopic (exact) mass is 221 g/mol. The molecular weight excluding hydrogens is 202 g/mol. The van der Waals surface area contributed by atoms with Crippen LogP contribution in [0.1, 0.15) is 56.1 Å². The number of oxime groups is 1. The minimum absolute atomic E-state index is 0.453. The van der Waals surface area contributed by atoms with Gasteiger partial charge in [-0.15, -0.1) is 0 Å². The van der Waals surface area contributed by atoms with Crippen molar-refractivity contribution in [3.8, 4) is 0 Å². The zero-order valence-corrected chi connectivity index (χ0v) is 10.2. The van der Waals surface area contributed by atoms with Crippen molar-refractivity contribution in [1.82, 2.24) is 0 Å². The van der Waals surface area contributed by atoms with E-state index in [9.17, 15) is 0 Å². The molecule has 3 nitrogen and oxygen atoms in total. The summed E-state index contributed by atoms with van der Waals surface area (Å²) < 4.78 is 5.68. The highest BCUT2D eigenvalue weighted by molar-refractivity contribution is 6.04. The Hall–Kier alpha value is -1.25. The van der Waals surface area contributed by atoms with Crippen molar-refractivity contribution >= 4 is 5.71 Å². The lowest BCUT2D eigenvalue weighted by Gasteiger charge is -2.18. The number of hydrogen-bond donors (Lipinski definition) is 1. The van der Waals surface area contributed by atoms with Crippen LogP contribution < -0.4 is 0 Å². The van der Waals surface area contributed by atoms with Crippen LogP contribution in [0, 0.1) is 12.8 Å². The molecule has 2 bridgehead atoms. The first-order valence-electron chi connectivity index (χ1n) is 6.12. The second-order valence-corrected chi connectivity index (χ2v) is 4.33. The normalized spacial score (nSPS) is 28.6. The summed E-state index contributed by atoms with van der Waals surface area (Å²) in [6, 6.07) is 1.99. The van der Waals surface area contributed by atoms with Crippen LogP contribution in [0.4, 0.5) is 0 Å². The van der Waals surface area contributed by atoms with Crippen molar-refractivity contribution in [2.45, 2.75) is 46.0 Å². The predicted molar refractivity (Wildman–Crippen MR) is 63.2 cm³/mol. The largest absolute Gasteiger partial charge is 0.465 e. The van der Waals surface area contributed by atoms with E-state index >= 15 is 0 Å². The van der Waals surface area contributed by atoms with Crippen molar-refractivity contribution in [2.24, 2.45) is 11.1 Å². The third-order valence-corrected chi connectivity index (χ3v) is 3.46. The van der Waals surface area contributed by atoms with Gasteiger partial charge in [-0.25, -0.2) is 0 Å². The number of rotatable bonds is 0. The van der Waals surface area contributed by atoms with Gasteiger partial charge in [0.15, 0.2) is 0 Å². The van der Waals surface area contributed by atoms with Crippen LogP contribution in [0.5, 0.6) is 0 Å². The Morgan fingerprint density at radius 1 is 1.31 bits per heavy atom.